The first-order valence-electron chi connectivity index (χ1n) is 18.9. The molecule has 2 aromatic rings. The quantitative estimate of drug-likeness (QED) is 0.268. The van der Waals surface area contributed by atoms with Crippen LogP contribution >= 0.6 is 0 Å². The van der Waals surface area contributed by atoms with Crippen molar-refractivity contribution in [3.63, 3.8) is 0 Å². The van der Waals surface area contributed by atoms with Crippen molar-refractivity contribution in [3.8, 4) is 5.75 Å². The summed E-state index contributed by atoms with van der Waals surface area (Å²) >= 11 is 0. The van der Waals surface area contributed by atoms with Crippen molar-refractivity contribution < 1.29 is 22.4 Å². The van der Waals surface area contributed by atoms with E-state index in [0.717, 1.165) is 56.4 Å². The lowest BCUT2D eigenvalue weighted by atomic mass is 9.58. The molecule has 4 aliphatic rings. The highest BCUT2D eigenvalue weighted by Gasteiger charge is 2.55. The van der Waals surface area contributed by atoms with Crippen molar-refractivity contribution in [3.05, 3.63) is 60.2 Å². The maximum absolute atomic E-state index is 14.7. The summed E-state index contributed by atoms with van der Waals surface area (Å²) in [5, 5.41) is 0.0274. The van der Waals surface area contributed by atoms with Gasteiger partial charge in [0.1, 0.15) is 5.75 Å². The van der Waals surface area contributed by atoms with Crippen molar-refractivity contribution in [1.82, 2.24) is 9.21 Å². The lowest BCUT2D eigenvalue weighted by Crippen LogP contribution is -2.61. The number of nitrogens with zero attached hydrogens (tertiary/aromatic N) is 2. The summed E-state index contributed by atoms with van der Waals surface area (Å²) in [5.74, 6) is 0.784. The van der Waals surface area contributed by atoms with Crippen molar-refractivity contribution in [2.45, 2.75) is 133 Å². The van der Waals surface area contributed by atoms with Gasteiger partial charge in [0, 0.05) is 38.2 Å². The lowest BCUT2D eigenvalue weighted by molar-refractivity contribution is -0.161. The van der Waals surface area contributed by atoms with E-state index in [0.29, 0.717) is 31.0 Å². The van der Waals surface area contributed by atoms with E-state index in [2.05, 4.69) is 50.9 Å². The first-order chi connectivity index (χ1) is 23.2. The van der Waals surface area contributed by atoms with Crippen LogP contribution in [0.2, 0.25) is 18.1 Å². The molecule has 4 atom stereocenters. The molecule has 3 heterocycles. The SMILES string of the molecule is COc1ccc(CN2C[C@@]34CCCCCCCCCCN(S(=O)(=O)c5ccccc5)CC[C@@H](C(O[Si](C)(C)C(C)(C)C)C3)[C@H](C4)C2=O)cc1. The molecular formula is C40H62N2O5SSi. The molecule has 0 radical (unpaired) electrons. The summed E-state index contributed by atoms with van der Waals surface area (Å²) in [5.41, 5.74) is 1.10. The first-order valence-corrected chi connectivity index (χ1v) is 23.2. The number of piperidine rings is 1. The van der Waals surface area contributed by atoms with Crippen LogP contribution in [0.3, 0.4) is 0 Å². The van der Waals surface area contributed by atoms with Crippen LogP contribution in [0.15, 0.2) is 59.5 Å². The van der Waals surface area contributed by atoms with Gasteiger partial charge in [-0.25, -0.2) is 8.42 Å². The Kier molecular flexibility index (Phi) is 12.4. The Morgan fingerprint density at radius 3 is 2.12 bits per heavy atom. The molecule has 49 heavy (non-hydrogen) atoms. The second-order valence-corrected chi connectivity index (χ2v) is 23.4. The highest BCUT2D eigenvalue weighted by molar-refractivity contribution is 7.89. The zero-order valence-corrected chi connectivity index (χ0v) is 32.9. The number of methoxy groups -OCH3 is 1. The number of sulfonamides is 1. The number of carbonyl (C=O) groups excluding carboxylic acids is 1. The van der Waals surface area contributed by atoms with Crippen LogP contribution in [-0.4, -0.2) is 64.7 Å². The maximum Gasteiger partial charge on any atom is 0.243 e. The van der Waals surface area contributed by atoms with Crippen molar-refractivity contribution in [1.29, 1.82) is 0 Å². The Balaban J connectivity index is 1.52. The third-order valence-electron chi connectivity index (χ3n) is 12.2. The molecule has 3 bridgehead atoms. The van der Waals surface area contributed by atoms with Crippen LogP contribution in [-0.2, 0) is 25.8 Å². The van der Waals surface area contributed by atoms with Gasteiger partial charge in [0.25, 0.3) is 0 Å². The van der Waals surface area contributed by atoms with Gasteiger partial charge < -0.3 is 14.1 Å². The lowest BCUT2D eigenvalue weighted by Gasteiger charge is -2.56. The molecule has 1 unspecified atom stereocenters. The number of ether oxygens (including phenoxy) is 1. The van der Waals surface area contributed by atoms with E-state index in [1.807, 2.05) is 18.2 Å². The summed E-state index contributed by atoms with van der Waals surface area (Å²) in [6.45, 7) is 13.7. The van der Waals surface area contributed by atoms with E-state index in [1.54, 1.807) is 35.7 Å². The van der Waals surface area contributed by atoms with Gasteiger partial charge in [-0.05, 0) is 91.4 Å². The van der Waals surface area contributed by atoms with Gasteiger partial charge in [-0.1, -0.05) is 96.0 Å². The fourth-order valence-electron chi connectivity index (χ4n) is 8.33. The van der Waals surface area contributed by atoms with Crippen LogP contribution in [0.5, 0.6) is 5.75 Å². The smallest absolute Gasteiger partial charge is 0.243 e. The largest absolute Gasteiger partial charge is 0.497 e. The average Bonchev–Trinajstić information content (AvgIpc) is 3.06. The monoisotopic (exact) mass is 710 g/mol. The topological polar surface area (TPSA) is 76.2 Å². The molecule has 1 spiro atoms. The minimum Gasteiger partial charge on any atom is -0.497 e. The van der Waals surface area contributed by atoms with E-state index in [-0.39, 0.29) is 34.3 Å². The normalized spacial score (nSPS) is 27.1. The van der Waals surface area contributed by atoms with Gasteiger partial charge in [-0.15, -0.1) is 0 Å². The van der Waals surface area contributed by atoms with Crippen LogP contribution in [0.4, 0.5) is 0 Å². The molecule has 3 saturated heterocycles. The van der Waals surface area contributed by atoms with Crippen LogP contribution in [0.25, 0.3) is 0 Å². The van der Waals surface area contributed by atoms with Crippen molar-refractivity contribution in [2.75, 3.05) is 26.7 Å². The zero-order chi connectivity index (χ0) is 35.3. The van der Waals surface area contributed by atoms with Crippen LogP contribution in [0.1, 0.15) is 103 Å². The Hall–Kier alpha value is -2.20. The fourth-order valence-corrected chi connectivity index (χ4v) is 11.2. The van der Waals surface area contributed by atoms with Crippen molar-refractivity contribution >= 4 is 24.2 Å². The maximum atomic E-state index is 14.7. The average molecular weight is 711 g/mol. The number of likely N-dealkylation sites (tertiary alicyclic amines) is 1. The number of amides is 1. The summed E-state index contributed by atoms with van der Waals surface area (Å²) in [6, 6.07) is 17.0. The molecular weight excluding hydrogens is 649 g/mol. The Morgan fingerprint density at radius 2 is 1.49 bits per heavy atom. The predicted molar refractivity (Wildman–Crippen MR) is 200 cm³/mol. The second-order valence-electron chi connectivity index (χ2n) is 16.7. The van der Waals surface area contributed by atoms with Gasteiger partial charge in [-0.2, -0.15) is 4.31 Å². The number of hydrogen-bond acceptors (Lipinski definition) is 5. The molecule has 7 nitrogen and oxygen atoms in total. The third kappa shape index (κ3) is 9.18. The minimum absolute atomic E-state index is 0.00165. The van der Waals surface area contributed by atoms with Gasteiger partial charge in [0.05, 0.1) is 12.0 Å². The third-order valence-corrected chi connectivity index (χ3v) is 18.6. The van der Waals surface area contributed by atoms with Crippen LogP contribution < -0.4 is 4.74 Å². The van der Waals surface area contributed by atoms with Gasteiger partial charge in [0.2, 0.25) is 15.9 Å². The number of hydrogen-bond donors (Lipinski definition) is 0. The molecule has 6 rings (SSSR count). The summed E-state index contributed by atoms with van der Waals surface area (Å²) in [6.07, 6.45) is 12.5. The van der Waals surface area contributed by atoms with Gasteiger partial charge in [0.15, 0.2) is 8.32 Å². The molecule has 1 amide bonds. The molecule has 4 fully saturated rings. The summed E-state index contributed by atoms with van der Waals surface area (Å²) in [7, 11) is -4.20. The number of fused-ring (bicyclic) bond motifs is 13. The highest BCUT2D eigenvalue weighted by atomic mass is 32.2. The Bertz CT molecular complexity index is 1480. The van der Waals surface area contributed by atoms with E-state index in [1.165, 1.54) is 32.1 Å². The van der Waals surface area contributed by atoms with E-state index in [9.17, 15) is 13.2 Å². The number of carbonyl (C=O) groups is 1. The van der Waals surface area contributed by atoms with Gasteiger partial charge >= 0.3 is 0 Å². The van der Waals surface area contributed by atoms with E-state index < -0.39 is 18.3 Å². The summed E-state index contributed by atoms with van der Waals surface area (Å²) in [4.78, 5) is 17.1. The molecule has 272 valence electrons. The molecule has 1 saturated carbocycles. The van der Waals surface area contributed by atoms with E-state index >= 15 is 0 Å². The van der Waals surface area contributed by atoms with E-state index in [4.69, 9.17) is 9.16 Å². The molecule has 2 aromatic carbocycles. The minimum atomic E-state index is -3.68. The number of rotatable bonds is 7. The first kappa shape index (κ1) is 38.0. The summed E-state index contributed by atoms with van der Waals surface area (Å²) < 4.78 is 42.7. The Morgan fingerprint density at radius 1 is 0.857 bits per heavy atom. The zero-order valence-electron chi connectivity index (χ0n) is 31.1. The molecule has 9 heteroatoms. The molecule has 0 aromatic heterocycles. The predicted octanol–water partition coefficient (Wildman–Crippen LogP) is 9.05. The molecule has 3 aliphatic heterocycles. The van der Waals surface area contributed by atoms with Crippen LogP contribution in [0, 0.1) is 17.3 Å². The standard InChI is InChI=1S/C40H62N2O5SSi/c1-39(2,3)49(5,6)47-37-29-40-25-16-11-9-7-8-10-12-17-26-42(48(44,45)34-18-14-13-15-19-34)27-24-35(37)36(28-40)38(43)41(31-40)30-32-20-22-33(46-4)23-21-32/h13-15,18-23,35-37H,7-12,16-17,24-31H2,1-6H3/t35-,36+,37?,40-/m1/s1. The fraction of sp³-hybridized carbons (Fsp3) is 0.675. The molecule has 0 N–H and O–H groups in total. The molecule has 1 aliphatic carbocycles. The van der Waals surface area contributed by atoms with Gasteiger partial charge in [-0.3, -0.25) is 4.79 Å². The Labute approximate surface area is 298 Å². The highest BCUT2D eigenvalue weighted by Crippen LogP contribution is 2.54. The number of benzene rings is 2. The second kappa shape index (κ2) is 16.0. The van der Waals surface area contributed by atoms with Crippen molar-refractivity contribution in [2.24, 2.45) is 17.3 Å².